The van der Waals surface area contributed by atoms with E-state index in [1.807, 2.05) is 32.2 Å². The Morgan fingerprint density at radius 1 is 1.11 bits per heavy atom. The highest BCUT2D eigenvalue weighted by molar-refractivity contribution is 6.07. The second kappa shape index (κ2) is 9.96. The van der Waals surface area contributed by atoms with Gasteiger partial charge in [0.05, 0.1) is 22.0 Å². The van der Waals surface area contributed by atoms with Crippen LogP contribution in [-0.2, 0) is 0 Å². The van der Waals surface area contributed by atoms with Crippen LogP contribution >= 0.6 is 0 Å². The molecule has 0 saturated carbocycles. The molecule has 0 bridgehead atoms. The number of aromatic nitrogens is 2. The van der Waals surface area contributed by atoms with Crippen LogP contribution in [0.2, 0.25) is 0 Å². The number of hydrogen-bond acceptors (Lipinski definition) is 4. The number of halogens is 1. The highest BCUT2D eigenvalue weighted by Crippen LogP contribution is 2.23. The van der Waals surface area contributed by atoms with Crippen molar-refractivity contribution in [3.63, 3.8) is 0 Å². The molecule has 1 amide bonds. The minimum atomic E-state index is -0.400. The van der Waals surface area contributed by atoms with Crippen molar-refractivity contribution in [2.24, 2.45) is 5.92 Å². The molecule has 35 heavy (non-hydrogen) atoms. The van der Waals surface area contributed by atoms with Gasteiger partial charge in [0.25, 0.3) is 11.5 Å². The third-order valence-corrected chi connectivity index (χ3v) is 6.32. The van der Waals surface area contributed by atoms with E-state index in [9.17, 15) is 14.0 Å². The van der Waals surface area contributed by atoms with Crippen molar-refractivity contribution in [2.45, 2.75) is 33.7 Å². The summed E-state index contributed by atoms with van der Waals surface area (Å²) in [5.41, 5.74) is 2.52. The van der Waals surface area contributed by atoms with E-state index >= 15 is 0 Å². The first kappa shape index (κ1) is 24.5. The molecule has 2 heterocycles. The Hall–Kier alpha value is -3.58. The fraction of sp³-hybridized carbons (Fsp3) is 0.321. The van der Waals surface area contributed by atoms with Gasteiger partial charge in [0.15, 0.2) is 0 Å². The fourth-order valence-electron chi connectivity index (χ4n) is 4.30. The molecule has 182 valence electrons. The molecule has 4 aromatic rings. The van der Waals surface area contributed by atoms with Gasteiger partial charge < -0.3 is 10.2 Å². The van der Waals surface area contributed by atoms with Gasteiger partial charge in [-0.1, -0.05) is 32.0 Å². The number of fused-ring (bicyclic) bond motifs is 2. The lowest BCUT2D eigenvalue weighted by Gasteiger charge is -2.26. The van der Waals surface area contributed by atoms with Crippen LogP contribution < -0.4 is 10.9 Å². The molecular weight excluding hydrogens is 443 g/mol. The maximum absolute atomic E-state index is 13.5. The van der Waals surface area contributed by atoms with Gasteiger partial charge in [0.2, 0.25) is 0 Å². The third kappa shape index (κ3) is 5.10. The predicted molar refractivity (Wildman–Crippen MR) is 139 cm³/mol. The van der Waals surface area contributed by atoms with E-state index in [4.69, 9.17) is 4.98 Å². The standard InChI is InChI=1S/C28H31FN4O2/c1-17(2)15-32(5)19(4)14-30-27(34)24-16-33(22-11-9-21(29)10-12-22)28(35)23-13-20-8-6-7-18(3)25(20)31-26(23)24/h6-13,16-17,19H,14-15H2,1-5H3,(H,30,34). The summed E-state index contributed by atoms with van der Waals surface area (Å²) < 4.78 is 14.9. The molecule has 0 saturated heterocycles. The van der Waals surface area contributed by atoms with E-state index in [1.165, 1.54) is 35.0 Å². The van der Waals surface area contributed by atoms with E-state index < -0.39 is 5.82 Å². The molecule has 0 aliphatic heterocycles. The SMILES string of the molecule is Cc1cccc2cc3c(=O)n(-c4ccc(F)cc4)cc(C(=O)NCC(C)N(C)CC(C)C)c3nc12. The van der Waals surface area contributed by atoms with Gasteiger partial charge in [-0.05, 0) is 62.7 Å². The second-order valence-corrected chi connectivity index (χ2v) is 9.62. The Kier molecular flexibility index (Phi) is 6.98. The highest BCUT2D eigenvalue weighted by atomic mass is 19.1. The first-order valence-corrected chi connectivity index (χ1v) is 11.9. The summed E-state index contributed by atoms with van der Waals surface area (Å²) in [6, 6.07) is 13.3. The number of carbonyl (C=O) groups excluding carboxylic acids is 1. The van der Waals surface area contributed by atoms with Gasteiger partial charge in [-0.2, -0.15) is 0 Å². The minimum Gasteiger partial charge on any atom is -0.350 e. The average molecular weight is 475 g/mol. The number of benzene rings is 2. The van der Waals surface area contributed by atoms with Crippen molar-refractivity contribution in [3.05, 3.63) is 82.0 Å². The number of para-hydroxylation sites is 1. The molecule has 0 radical (unpaired) electrons. The molecule has 1 N–H and O–H groups in total. The molecule has 1 unspecified atom stereocenters. The number of nitrogens with one attached hydrogen (secondary N) is 1. The maximum atomic E-state index is 13.5. The number of carbonyl (C=O) groups is 1. The summed E-state index contributed by atoms with van der Waals surface area (Å²) in [6.07, 6.45) is 1.51. The fourth-order valence-corrected chi connectivity index (χ4v) is 4.30. The third-order valence-electron chi connectivity index (χ3n) is 6.32. The molecule has 6 nitrogen and oxygen atoms in total. The van der Waals surface area contributed by atoms with Crippen LogP contribution in [0, 0.1) is 18.7 Å². The zero-order valence-corrected chi connectivity index (χ0v) is 20.8. The van der Waals surface area contributed by atoms with Crippen LogP contribution in [0.5, 0.6) is 0 Å². The topological polar surface area (TPSA) is 67.2 Å². The van der Waals surface area contributed by atoms with E-state index in [0.717, 1.165) is 23.0 Å². The Bertz CT molecular complexity index is 1440. The number of aryl methyl sites for hydroxylation is 1. The van der Waals surface area contributed by atoms with Crippen LogP contribution in [0.25, 0.3) is 27.5 Å². The van der Waals surface area contributed by atoms with Gasteiger partial charge in [-0.25, -0.2) is 9.37 Å². The van der Waals surface area contributed by atoms with Gasteiger partial charge in [-0.15, -0.1) is 0 Å². The molecule has 0 aliphatic rings. The second-order valence-electron chi connectivity index (χ2n) is 9.62. The van der Waals surface area contributed by atoms with E-state index in [1.54, 1.807) is 6.07 Å². The van der Waals surface area contributed by atoms with Crippen molar-refractivity contribution >= 4 is 27.7 Å². The molecule has 2 aromatic carbocycles. The first-order chi connectivity index (χ1) is 16.7. The molecule has 0 spiro atoms. The maximum Gasteiger partial charge on any atom is 0.264 e. The van der Waals surface area contributed by atoms with Crippen molar-refractivity contribution in [3.8, 4) is 5.69 Å². The van der Waals surface area contributed by atoms with Gasteiger partial charge in [-0.3, -0.25) is 14.2 Å². The van der Waals surface area contributed by atoms with Gasteiger partial charge >= 0.3 is 0 Å². The van der Waals surface area contributed by atoms with E-state index in [0.29, 0.717) is 34.6 Å². The van der Waals surface area contributed by atoms with Crippen molar-refractivity contribution in [1.29, 1.82) is 0 Å². The predicted octanol–water partition coefficient (Wildman–Crippen LogP) is 4.69. The number of nitrogens with zero attached hydrogens (tertiary/aromatic N) is 3. The number of likely N-dealkylation sites (N-methyl/N-ethyl adjacent to an activating group) is 1. The van der Waals surface area contributed by atoms with Gasteiger partial charge in [0.1, 0.15) is 5.82 Å². The normalized spacial score (nSPS) is 12.6. The summed E-state index contributed by atoms with van der Waals surface area (Å²) in [5, 5.41) is 4.18. The summed E-state index contributed by atoms with van der Waals surface area (Å²) in [4.78, 5) is 33.9. The van der Waals surface area contributed by atoms with Crippen molar-refractivity contribution in [2.75, 3.05) is 20.1 Å². The summed E-state index contributed by atoms with van der Waals surface area (Å²) in [5.74, 6) is -0.193. The summed E-state index contributed by atoms with van der Waals surface area (Å²) in [6.45, 7) is 9.70. The average Bonchev–Trinajstić information content (AvgIpc) is 2.82. The Labute approximate surface area is 204 Å². The number of rotatable bonds is 7. The monoisotopic (exact) mass is 474 g/mol. The lowest BCUT2D eigenvalue weighted by Crippen LogP contribution is -2.41. The minimum absolute atomic E-state index is 0.131. The largest absolute Gasteiger partial charge is 0.350 e. The van der Waals surface area contributed by atoms with Crippen LogP contribution in [0.4, 0.5) is 4.39 Å². The Balaban J connectivity index is 1.83. The van der Waals surface area contributed by atoms with E-state index in [-0.39, 0.29) is 17.5 Å². The van der Waals surface area contributed by atoms with Crippen LogP contribution in [0.1, 0.15) is 36.7 Å². The van der Waals surface area contributed by atoms with Crippen molar-refractivity contribution < 1.29 is 9.18 Å². The highest BCUT2D eigenvalue weighted by Gasteiger charge is 2.20. The molecule has 1 atom stereocenters. The Morgan fingerprint density at radius 3 is 2.51 bits per heavy atom. The zero-order chi connectivity index (χ0) is 25.3. The van der Waals surface area contributed by atoms with Crippen LogP contribution in [0.15, 0.2) is 59.5 Å². The quantitative estimate of drug-likeness (QED) is 0.395. The van der Waals surface area contributed by atoms with Crippen molar-refractivity contribution in [1.82, 2.24) is 19.8 Å². The number of hydrogen-bond donors (Lipinski definition) is 1. The summed E-state index contributed by atoms with van der Waals surface area (Å²) in [7, 11) is 2.04. The molecular formula is C28H31FN4O2. The zero-order valence-electron chi connectivity index (χ0n) is 20.8. The molecule has 0 fully saturated rings. The molecule has 2 aromatic heterocycles. The first-order valence-electron chi connectivity index (χ1n) is 11.9. The van der Waals surface area contributed by atoms with Gasteiger partial charge in [0, 0.05) is 36.4 Å². The van der Waals surface area contributed by atoms with Crippen LogP contribution in [-0.4, -0.2) is 46.5 Å². The summed E-state index contributed by atoms with van der Waals surface area (Å²) >= 11 is 0. The Morgan fingerprint density at radius 2 is 1.83 bits per heavy atom. The lowest BCUT2D eigenvalue weighted by molar-refractivity contribution is 0.0940. The number of amides is 1. The lowest BCUT2D eigenvalue weighted by atomic mass is 10.1. The van der Waals surface area contributed by atoms with E-state index in [2.05, 4.69) is 31.0 Å². The molecule has 4 rings (SSSR count). The number of pyridine rings is 2. The molecule has 0 aliphatic carbocycles. The van der Waals surface area contributed by atoms with Crippen LogP contribution in [0.3, 0.4) is 0 Å². The molecule has 7 heteroatoms. The smallest absolute Gasteiger partial charge is 0.264 e.